The Labute approximate surface area is 198 Å². The highest BCUT2D eigenvalue weighted by atomic mass is 16.6. The first kappa shape index (κ1) is 25.2. The van der Waals surface area contributed by atoms with Gasteiger partial charge in [0, 0.05) is 31.4 Å². The summed E-state index contributed by atoms with van der Waals surface area (Å²) in [5.41, 5.74) is 4.69. The summed E-state index contributed by atoms with van der Waals surface area (Å²) >= 11 is 0. The van der Waals surface area contributed by atoms with Gasteiger partial charge in [-0.2, -0.15) is 0 Å². The Hall–Kier alpha value is -3.43. The molecule has 2 aromatic carbocycles. The van der Waals surface area contributed by atoms with Crippen LogP contribution in [0.25, 0.3) is 11.1 Å². The zero-order valence-corrected chi connectivity index (χ0v) is 18.9. The van der Waals surface area contributed by atoms with Crippen LogP contribution in [-0.2, 0) is 23.8 Å². The molecule has 1 aliphatic rings. The number of aliphatic carboxylic acids is 1. The molecule has 0 fully saturated rings. The van der Waals surface area contributed by atoms with Gasteiger partial charge in [0.15, 0.2) is 0 Å². The van der Waals surface area contributed by atoms with Crippen molar-refractivity contribution in [1.82, 2.24) is 10.6 Å². The van der Waals surface area contributed by atoms with Crippen molar-refractivity contribution in [2.24, 2.45) is 0 Å². The lowest BCUT2D eigenvalue weighted by Gasteiger charge is -2.14. The number of benzene rings is 2. The number of hydrogen-bond acceptors (Lipinski definition) is 7. The van der Waals surface area contributed by atoms with Crippen molar-refractivity contribution in [2.75, 3.05) is 46.1 Å². The Morgan fingerprint density at radius 3 is 1.91 bits per heavy atom. The number of alkyl carbamates (subject to hydrolysis) is 1. The monoisotopic (exact) mass is 469 g/mol. The number of carboxylic acid groups (broad SMARTS) is 1. The first-order chi connectivity index (χ1) is 16.6. The van der Waals surface area contributed by atoms with E-state index in [0.29, 0.717) is 33.0 Å². The minimum Gasteiger partial charge on any atom is -0.550 e. The van der Waals surface area contributed by atoms with Crippen LogP contribution in [0.2, 0.25) is 0 Å². The van der Waals surface area contributed by atoms with Gasteiger partial charge in [0.05, 0.1) is 26.4 Å². The van der Waals surface area contributed by atoms with E-state index in [0.717, 1.165) is 11.1 Å². The van der Waals surface area contributed by atoms with Crippen molar-refractivity contribution in [1.29, 1.82) is 0 Å². The van der Waals surface area contributed by atoms with E-state index in [1.807, 2.05) is 24.3 Å². The van der Waals surface area contributed by atoms with E-state index in [-0.39, 0.29) is 37.8 Å². The number of hydrogen-bond donors (Lipinski definition) is 2. The van der Waals surface area contributed by atoms with E-state index in [2.05, 4.69) is 34.9 Å². The second-order valence-corrected chi connectivity index (χ2v) is 7.70. The Morgan fingerprint density at radius 2 is 1.32 bits per heavy atom. The number of carboxylic acids is 1. The first-order valence-electron chi connectivity index (χ1n) is 11.3. The number of fused-ring (bicyclic) bond motifs is 3. The normalized spacial score (nSPS) is 12.0. The second kappa shape index (κ2) is 13.3. The molecule has 0 atom stereocenters. The summed E-state index contributed by atoms with van der Waals surface area (Å²) in [6.45, 7) is 2.13. The smallest absolute Gasteiger partial charge is 0.407 e. The summed E-state index contributed by atoms with van der Waals surface area (Å²) in [6.07, 6.45) is -0.900. The Kier molecular flexibility index (Phi) is 9.87. The molecule has 34 heavy (non-hydrogen) atoms. The van der Waals surface area contributed by atoms with Crippen LogP contribution in [0.3, 0.4) is 0 Å². The van der Waals surface area contributed by atoms with E-state index in [1.165, 1.54) is 11.1 Å². The highest BCUT2D eigenvalue weighted by molar-refractivity contribution is 5.80. The van der Waals surface area contributed by atoms with Crippen LogP contribution in [0.15, 0.2) is 48.5 Å². The maximum Gasteiger partial charge on any atom is 0.407 e. The molecule has 3 rings (SSSR count). The third-order valence-corrected chi connectivity index (χ3v) is 5.36. The van der Waals surface area contributed by atoms with E-state index >= 15 is 0 Å². The predicted octanol–water partition coefficient (Wildman–Crippen LogP) is 1.20. The van der Waals surface area contributed by atoms with Gasteiger partial charge in [-0.1, -0.05) is 48.5 Å². The summed E-state index contributed by atoms with van der Waals surface area (Å²) < 4.78 is 16.2. The standard InChI is InChI=1S/C25H30N2O7/c28-23(9-10-24(29)30)26-11-13-32-15-16-33-14-12-27-25(31)34-17-22-20-7-3-1-5-18(20)19-6-2-4-8-21(19)22/h1-8,22H,9-17H2,(H,26,28)(H,27,31)(H,29,30)/p-1. The topological polar surface area (TPSA) is 126 Å². The lowest BCUT2D eigenvalue weighted by Crippen LogP contribution is -2.30. The molecule has 0 heterocycles. The lowest BCUT2D eigenvalue weighted by atomic mass is 9.98. The zero-order chi connectivity index (χ0) is 24.2. The Bertz CT molecular complexity index is 934. The number of carbonyl (C=O) groups excluding carboxylic acids is 3. The maximum atomic E-state index is 12.1. The van der Waals surface area contributed by atoms with Crippen molar-refractivity contribution >= 4 is 18.0 Å². The molecule has 0 aliphatic heterocycles. The first-order valence-corrected chi connectivity index (χ1v) is 11.3. The van der Waals surface area contributed by atoms with Gasteiger partial charge in [-0.25, -0.2) is 4.79 Å². The molecule has 0 saturated carbocycles. The van der Waals surface area contributed by atoms with Crippen molar-refractivity contribution in [3.63, 3.8) is 0 Å². The van der Waals surface area contributed by atoms with Gasteiger partial charge in [0.25, 0.3) is 0 Å². The molecule has 1 aliphatic carbocycles. The van der Waals surface area contributed by atoms with Crippen LogP contribution in [0, 0.1) is 0 Å². The zero-order valence-electron chi connectivity index (χ0n) is 18.9. The number of nitrogens with one attached hydrogen (secondary N) is 2. The molecule has 0 spiro atoms. The van der Waals surface area contributed by atoms with Gasteiger partial charge in [-0.05, 0) is 28.7 Å². The molecule has 2 amide bonds. The Balaban J connectivity index is 1.22. The lowest BCUT2D eigenvalue weighted by molar-refractivity contribution is -0.305. The Morgan fingerprint density at radius 1 is 0.765 bits per heavy atom. The quantitative estimate of drug-likeness (QED) is 0.398. The van der Waals surface area contributed by atoms with Crippen molar-refractivity contribution in [2.45, 2.75) is 18.8 Å². The molecule has 9 heteroatoms. The minimum absolute atomic E-state index is 0.0190. The third-order valence-electron chi connectivity index (χ3n) is 5.36. The largest absolute Gasteiger partial charge is 0.550 e. The van der Waals surface area contributed by atoms with Crippen LogP contribution >= 0.6 is 0 Å². The summed E-state index contributed by atoms with van der Waals surface area (Å²) in [7, 11) is 0. The van der Waals surface area contributed by atoms with E-state index in [4.69, 9.17) is 14.2 Å². The average molecular weight is 470 g/mol. The third kappa shape index (κ3) is 7.57. The van der Waals surface area contributed by atoms with Crippen molar-refractivity contribution in [3.8, 4) is 11.1 Å². The van der Waals surface area contributed by atoms with Gasteiger partial charge >= 0.3 is 6.09 Å². The fourth-order valence-electron chi connectivity index (χ4n) is 3.76. The van der Waals surface area contributed by atoms with Crippen molar-refractivity contribution in [3.05, 3.63) is 59.7 Å². The van der Waals surface area contributed by atoms with Gasteiger partial charge in [-0.15, -0.1) is 0 Å². The fourth-order valence-corrected chi connectivity index (χ4v) is 3.76. The fraction of sp³-hybridized carbons (Fsp3) is 0.400. The maximum absolute atomic E-state index is 12.1. The summed E-state index contributed by atoms with van der Waals surface area (Å²) in [4.78, 5) is 33.7. The van der Waals surface area contributed by atoms with E-state index < -0.39 is 12.1 Å². The number of ether oxygens (including phenoxy) is 3. The molecule has 0 saturated heterocycles. The number of amides is 2. The molecule has 0 radical (unpaired) electrons. The number of carbonyl (C=O) groups is 3. The molecule has 0 bridgehead atoms. The molecule has 0 unspecified atom stereocenters. The molecule has 2 N–H and O–H groups in total. The van der Waals surface area contributed by atoms with Crippen LogP contribution < -0.4 is 15.7 Å². The molecule has 9 nitrogen and oxygen atoms in total. The SMILES string of the molecule is O=C([O-])CCC(=O)NCCOCCOCCNC(=O)OCC1c2ccccc2-c2ccccc21. The van der Waals surface area contributed by atoms with Crippen molar-refractivity contribution < 1.29 is 33.7 Å². The van der Waals surface area contributed by atoms with Gasteiger partial charge in [0.2, 0.25) is 5.91 Å². The molecule has 2 aromatic rings. The predicted molar refractivity (Wildman–Crippen MR) is 122 cm³/mol. The highest BCUT2D eigenvalue weighted by Crippen LogP contribution is 2.44. The van der Waals surface area contributed by atoms with Crippen LogP contribution in [0.4, 0.5) is 4.79 Å². The van der Waals surface area contributed by atoms with E-state index in [1.54, 1.807) is 0 Å². The number of rotatable bonds is 14. The molecule has 0 aromatic heterocycles. The van der Waals surface area contributed by atoms with Crippen LogP contribution in [0.1, 0.15) is 29.9 Å². The molecular weight excluding hydrogens is 440 g/mol. The summed E-state index contributed by atoms with van der Waals surface area (Å²) in [5.74, 6) is -1.59. The van der Waals surface area contributed by atoms with Gasteiger partial charge < -0.3 is 34.7 Å². The molecule has 182 valence electrons. The highest BCUT2D eigenvalue weighted by Gasteiger charge is 2.28. The second-order valence-electron chi connectivity index (χ2n) is 7.70. The molecular formula is C25H29N2O7-. The van der Waals surface area contributed by atoms with Gasteiger partial charge in [0.1, 0.15) is 6.61 Å². The van der Waals surface area contributed by atoms with E-state index in [9.17, 15) is 19.5 Å². The van der Waals surface area contributed by atoms with Crippen LogP contribution in [0.5, 0.6) is 0 Å². The van der Waals surface area contributed by atoms with Gasteiger partial charge in [-0.3, -0.25) is 4.79 Å². The summed E-state index contributed by atoms with van der Waals surface area (Å²) in [6, 6.07) is 16.3. The van der Waals surface area contributed by atoms with Crippen LogP contribution in [-0.4, -0.2) is 64.1 Å². The summed E-state index contributed by atoms with van der Waals surface area (Å²) in [5, 5.41) is 15.5. The average Bonchev–Trinajstić information content (AvgIpc) is 3.16. The minimum atomic E-state index is -1.25.